The number of phenolic OH excluding ortho intramolecular Hbond substituents is 2. The zero-order valence-electron chi connectivity index (χ0n) is 11.8. The standard InChI is InChI=1S/C17H14N2O2.Cu/c1-11-6-8-14(16(21)10-11)18-19-17-13-5-3-2-4-12(13)7-9-15(17)20;/h2-10,20-21H,1H3;. The van der Waals surface area contributed by atoms with Gasteiger partial charge in [-0.25, -0.2) is 0 Å². The van der Waals surface area contributed by atoms with Crippen molar-refractivity contribution in [3.63, 3.8) is 0 Å². The van der Waals surface area contributed by atoms with E-state index in [0.29, 0.717) is 11.4 Å². The molecule has 0 aliphatic heterocycles. The van der Waals surface area contributed by atoms with Crippen LogP contribution in [0.1, 0.15) is 5.56 Å². The number of aromatic hydroxyl groups is 2. The van der Waals surface area contributed by atoms with Gasteiger partial charge in [-0.3, -0.25) is 0 Å². The number of hydrogen-bond donors (Lipinski definition) is 2. The number of azo groups is 1. The number of aryl methyl sites for hydroxylation is 1. The second kappa shape index (κ2) is 6.60. The van der Waals surface area contributed by atoms with Crippen LogP contribution in [0.3, 0.4) is 0 Å². The van der Waals surface area contributed by atoms with Gasteiger partial charge in [0.25, 0.3) is 0 Å². The smallest absolute Gasteiger partial charge is 0.143 e. The second-order valence-corrected chi connectivity index (χ2v) is 4.85. The molecular formula is C17H14CuN2O2. The zero-order valence-corrected chi connectivity index (χ0v) is 12.7. The van der Waals surface area contributed by atoms with E-state index in [-0.39, 0.29) is 28.6 Å². The summed E-state index contributed by atoms with van der Waals surface area (Å²) in [5.41, 5.74) is 1.71. The Hall–Kier alpha value is -2.36. The first kappa shape index (κ1) is 16.0. The first-order valence-corrected chi connectivity index (χ1v) is 6.57. The molecule has 0 bridgehead atoms. The summed E-state index contributed by atoms with van der Waals surface area (Å²) in [7, 11) is 0. The van der Waals surface area contributed by atoms with Gasteiger partial charge in [0.2, 0.25) is 0 Å². The monoisotopic (exact) mass is 341 g/mol. The molecule has 22 heavy (non-hydrogen) atoms. The van der Waals surface area contributed by atoms with Gasteiger partial charge in [0, 0.05) is 22.5 Å². The molecule has 0 aromatic heterocycles. The molecule has 115 valence electrons. The molecule has 0 saturated heterocycles. The van der Waals surface area contributed by atoms with Gasteiger partial charge in [0.05, 0.1) is 0 Å². The van der Waals surface area contributed by atoms with Crippen LogP contribution in [0, 0.1) is 6.92 Å². The summed E-state index contributed by atoms with van der Waals surface area (Å²) in [6.45, 7) is 1.89. The van der Waals surface area contributed by atoms with E-state index in [4.69, 9.17) is 0 Å². The van der Waals surface area contributed by atoms with Gasteiger partial charge in [-0.05, 0) is 36.1 Å². The zero-order chi connectivity index (χ0) is 14.8. The molecule has 0 fully saturated rings. The molecule has 5 heteroatoms. The maximum atomic E-state index is 9.98. The summed E-state index contributed by atoms with van der Waals surface area (Å²) in [6, 6.07) is 16.2. The largest absolute Gasteiger partial charge is 0.506 e. The molecule has 3 aromatic rings. The minimum Gasteiger partial charge on any atom is -0.506 e. The van der Waals surface area contributed by atoms with E-state index in [2.05, 4.69) is 10.2 Å². The maximum Gasteiger partial charge on any atom is 0.143 e. The van der Waals surface area contributed by atoms with Crippen molar-refractivity contribution in [2.24, 2.45) is 10.2 Å². The maximum absolute atomic E-state index is 9.98. The summed E-state index contributed by atoms with van der Waals surface area (Å²) in [4.78, 5) is 0. The van der Waals surface area contributed by atoms with E-state index < -0.39 is 0 Å². The first-order valence-electron chi connectivity index (χ1n) is 6.57. The van der Waals surface area contributed by atoms with E-state index in [9.17, 15) is 10.2 Å². The van der Waals surface area contributed by atoms with Gasteiger partial charge in [0.1, 0.15) is 22.9 Å². The topological polar surface area (TPSA) is 65.2 Å². The Balaban J connectivity index is 0.00000176. The normalized spacial score (nSPS) is 10.8. The van der Waals surface area contributed by atoms with Crippen molar-refractivity contribution in [1.82, 2.24) is 0 Å². The third kappa shape index (κ3) is 3.11. The average molecular weight is 342 g/mol. The van der Waals surface area contributed by atoms with Crippen LogP contribution < -0.4 is 0 Å². The van der Waals surface area contributed by atoms with E-state index in [0.717, 1.165) is 16.3 Å². The molecular weight excluding hydrogens is 328 g/mol. The van der Waals surface area contributed by atoms with Crippen LogP contribution in [0.4, 0.5) is 11.4 Å². The molecule has 2 N–H and O–H groups in total. The van der Waals surface area contributed by atoms with E-state index in [1.54, 1.807) is 18.2 Å². The quantitative estimate of drug-likeness (QED) is 0.510. The van der Waals surface area contributed by atoms with Gasteiger partial charge in [-0.2, -0.15) is 0 Å². The van der Waals surface area contributed by atoms with Crippen LogP contribution in [0.5, 0.6) is 11.5 Å². The molecule has 3 rings (SSSR count). The molecule has 0 amide bonds. The Morgan fingerprint density at radius 3 is 2.36 bits per heavy atom. The molecule has 0 heterocycles. The van der Waals surface area contributed by atoms with Crippen molar-refractivity contribution >= 4 is 22.1 Å². The van der Waals surface area contributed by atoms with E-state index in [1.807, 2.05) is 43.3 Å². The number of benzene rings is 3. The minimum absolute atomic E-state index is 0. The van der Waals surface area contributed by atoms with Gasteiger partial charge >= 0.3 is 0 Å². The summed E-state index contributed by atoms with van der Waals surface area (Å²) < 4.78 is 0. The third-order valence-electron chi connectivity index (χ3n) is 3.27. The molecule has 4 nitrogen and oxygen atoms in total. The van der Waals surface area contributed by atoms with Crippen LogP contribution in [0.25, 0.3) is 10.8 Å². The predicted octanol–water partition coefficient (Wildman–Crippen LogP) is 4.97. The molecule has 0 spiro atoms. The SMILES string of the molecule is Cc1ccc(N=Nc2c(O)ccc3ccccc23)c(O)c1.[Cu]. The molecule has 0 aliphatic rings. The Morgan fingerprint density at radius 2 is 1.59 bits per heavy atom. The fourth-order valence-electron chi connectivity index (χ4n) is 2.17. The number of fused-ring (bicyclic) bond motifs is 1. The number of phenols is 2. The fourth-order valence-corrected chi connectivity index (χ4v) is 2.17. The summed E-state index contributed by atoms with van der Waals surface area (Å²) >= 11 is 0. The third-order valence-corrected chi connectivity index (χ3v) is 3.27. The van der Waals surface area contributed by atoms with Crippen LogP contribution >= 0.6 is 0 Å². The van der Waals surface area contributed by atoms with Crippen molar-refractivity contribution in [2.45, 2.75) is 6.92 Å². The molecule has 3 aromatic carbocycles. The predicted molar refractivity (Wildman–Crippen MR) is 82.6 cm³/mol. The van der Waals surface area contributed by atoms with E-state index >= 15 is 0 Å². The molecule has 0 aliphatic carbocycles. The first-order chi connectivity index (χ1) is 10.1. The van der Waals surface area contributed by atoms with Gasteiger partial charge in [-0.15, -0.1) is 10.2 Å². The van der Waals surface area contributed by atoms with Gasteiger partial charge < -0.3 is 10.2 Å². The van der Waals surface area contributed by atoms with Crippen LogP contribution in [0.15, 0.2) is 64.8 Å². The van der Waals surface area contributed by atoms with Crippen molar-refractivity contribution < 1.29 is 27.3 Å². The fraction of sp³-hybridized carbons (Fsp3) is 0.0588. The van der Waals surface area contributed by atoms with Gasteiger partial charge in [0.15, 0.2) is 0 Å². The number of rotatable bonds is 2. The van der Waals surface area contributed by atoms with Crippen LogP contribution in [-0.4, -0.2) is 10.2 Å². The van der Waals surface area contributed by atoms with E-state index in [1.165, 1.54) is 0 Å². The van der Waals surface area contributed by atoms with Crippen molar-refractivity contribution in [3.05, 3.63) is 60.2 Å². The molecule has 1 radical (unpaired) electrons. The summed E-state index contributed by atoms with van der Waals surface area (Å²) in [5, 5.41) is 29.8. The summed E-state index contributed by atoms with van der Waals surface area (Å²) in [6.07, 6.45) is 0. The Bertz CT molecular complexity index is 847. The van der Waals surface area contributed by atoms with Crippen LogP contribution in [-0.2, 0) is 17.1 Å². The Labute approximate surface area is 138 Å². The van der Waals surface area contributed by atoms with Crippen molar-refractivity contribution in [1.29, 1.82) is 0 Å². The second-order valence-electron chi connectivity index (χ2n) is 4.85. The average Bonchev–Trinajstić information content (AvgIpc) is 2.48. The van der Waals surface area contributed by atoms with Crippen molar-refractivity contribution in [2.75, 3.05) is 0 Å². The summed E-state index contributed by atoms with van der Waals surface area (Å²) in [5.74, 6) is 0.127. The molecule has 0 saturated carbocycles. The van der Waals surface area contributed by atoms with Crippen LogP contribution in [0.2, 0.25) is 0 Å². The van der Waals surface area contributed by atoms with Crippen molar-refractivity contribution in [3.8, 4) is 11.5 Å². The Morgan fingerprint density at radius 1 is 0.818 bits per heavy atom. The van der Waals surface area contributed by atoms with Gasteiger partial charge in [-0.1, -0.05) is 36.4 Å². The molecule has 0 atom stereocenters. The molecule has 0 unspecified atom stereocenters. The number of hydrogen-bond acceptors (Lipinski definition) is 4. The Kier molecular flexibility index (Phi) is 4.81. The minimum atomic E-state index is 0. The number of nitrogens with zero attached hydrogens (tertiary/aromatic N) is 2.